The summed E-state index contributed by atoms with van der Waals surface area (Å²) in [5, 5.41) is 0. The second-order valence-corrected chi connectivity index (χ2v) is 10.2. The highest BCUT2D eigenvalue weighted by Gasteiger charge is 2.27. The van der Waals surface area contributed by atoms with E-state index in [1.54, 1.807) is 40.7 Å². The third-order valence-electron chi connectivity index (χ3n) is 5.32. The van der Waals surface area contributed by atoms with Crippen molar-refractivity contribution in [3.05, 3.63) is 23.8 Å². The minimum atomic E-state index is -1.05. The highest BCUT2D eigenvalue weighted by molar-refractivity contribution is 5.77. The fourth-order valence-electron chi connectivity index (χ4n) is 3.06. The molecule has 1 aromatic rings. The van der Waals surface area contributed by atoms with Crippen LogP contribution in [-0.4, -0.2) is 47.9 Å². The lowest BCUT2D eigenvalue weighted by atomic mass is 10.1. The molecule has 0 saturated carbocycles. The second-order valence-electron chi connectivity index (χ2n) is 10.2. The third kappa shape index (κ3) is 12.9. The Morgan fingerprint density at radius 1 is 0.842 bits per heavy atom. The van der Waals surface area contributed by atoms with Gasteiger partial charge < -0.3 is 29.4 Å². The Balaban J connectivity index is 2.87. The van der Waals surface area contributed by atoms with E-state index in [2.05, 4.69) is 0 Å². The van der Waals surface area contributed by atoms with Crippen LogP contribution in [0.2, 0.25) is 0 Å². The monoisotopic (exact) mass is 537 g/mol. The number of carbonyl (C=O) groups excluding carboxylic acids is 4. The molecule has 0 aromatic heterocycles. The number of ether oxygens (including phenoxy) is 5. The Hall–Kier alpha value is -3.14. The zero-order valence-electron chi connectivity index (χ0n) is 23.7. The molecule has 0 saturated heterocycles. The molecule has 38 heavy (non-hydrogen) atoms. The van der Waals surface area contributed by atoms with E-state index >= 15 is 0 Å². The first-order valence-corrected chi connectivity index (χ1v) is 13.2. The Kier molecular flexibility index (Phi) is 13.8. The van der Waals surface area contributed by atoms with Gasteiger partial charge in [0.1, 0.15) is 23.9 Å². The van der Waals surface area contributed by atoms with Crippen molar-refractivity contribution >= 4 is 24.1 Å². The van der Waals surface area contributed by atoms with Crippen molar-refractivity contribution in [3.8, 4) is 11.5 Å². The third-order valence-corrected chi connectivity index (χ3v) is 5.32. The van der Waals surface area contributed by atoms with E-state index in [9.17, 15) is 19.2 Å². The van der Waals surface area contributed by atoms with Crippen LogP contribution >= 0.6 is 0 Å². The van der Waals surface area contributed by atoms with Gasteiger partial charge in [0, 0.05) is 12.8 Å². The lowest BCUT2D eigenvalue weighted by Gasteiger charge is -2.24. The van der Waals surface area contributed by atoms with Crippen molar-refractivity contribution < 1.29 is 42.9 Å². The predicted molar refractivity (Wildman–Crippen MR) is 141 cm³/mol. The number of rotatable bonds is 14. The number of esters is 3. The number of unbranched alkanes of at least 4 members (excludes halogenated alkanes) is 2. The van der Waals surface area contributed by atoms with Crippen molar-refractivity contribution in [2.24, 2.45) is 5.73 Å². The number of carbonyl (C=O) groups is 4. The summed E-state index contributed by atoms with van der Waals surface area (Å²) in [5.74, 6) is -1.37. The summed E-state index contributed by atoms with van der Waals surface area (Å²) in [6.07, 6.45) is 1.12. The van der Waals surface area contributed by atoms with Crippen LogP contribution in [0.4, 0.5) is 4.79 Å². The van der Waals surface area contributed by atoms with Crippen molar-refractivity contribution in [1.82, 2.24) is 0 Å². The largest absolute Gasteiger partial charge is 0.509 e. The van der Waals surface area contributed by atoms with Crippen LogP contribution in [0.25, 0.3) is 0 Å². The van der Waals surface area contributed by atoms with Gasteiger partial charge in [0.05, 0.1) is 0 Å². The van der Waals surface area contributed by atoms with Gasteiger partial charge in [-0.25, -0.2) is 4.79 Å². The molecule has 0 unspecified atom stereocenters. The summed E-state index contributed by atoms with van der Waals surface area (Å²) >= 11 is 0. The van der Waals surface area contributed by atoms with Crippen LogP contribution < -0.4 is 15.2 Å². The van der Waals surface area contributed by atoms with Gasteiger partial charge in [0.2, 0.25) is 0 Å². The van der Waals surface area contributed by atoms with Gasteiger partial charge in [0.15, 0.2) is 11.5 Å². The summed E-state index contributed by atoms with van der Waals surface area (Å²) in [6.45, 7) is 12.2. The van der Waals surface area contributed by atoms with Crippen LogP contribution in [0.1, 0.15) is 92.6 Å². The number of hydrogen-bond donors (Lipinski definition) is 1. The summed E-state index contributed by atoms with van der Waals surface area (Å²) < 4.78 is 26.5. The molecule has 0 radical (unpaired) electrons. The molecule has 0 aliphatic carbocycles. The van der Waals surface area contributed by atoms with Crippen LogP contribution in [0, 0.1) is 0 Å². The normalized spacial score (nSPS) is 13.6. The lowest BCUT2D eigenvalue weighted by Crippen LogP contribution is -2.40. The van der Waals surface area contributed by atoms with Gasteiger partial charge in [-0.1, -0.05) is 32.8 Å². The van der Waals surface area contributed by atoms with Crippen LogP contribution in [0.5, 0.6) is 11.5 Å². The molecule has 10 nitrogen and oxygen atoms in total. The first kappa shape index (κ1) is 32.9. The Labute approximate surface area is 225 Å². The van der Waals surface area contributed by atoms with E-state index < -0.39 is 47.9 Å². The molecule has 0 aliphatic heterocycles. The van der Waals surface area contributed by atoms with E-state index in [0.29, 0.717) is 18.4 Å². The number of nitrogens with two attached hydrogens (primary N) is 1. The summed E-state index contributed by atoms with van der Waals surface area (Å²) in [6, 6.07) is 3.63. The molecule has 1 rings (SSSR count). The highest BCUT2D eigenvalue weighted by atomic mass is 16.7. The number of benzene rings is 1. The molecule has 0 amide bonds. The van der Waals surface area contributed by atoms with E-state index in [1.807, 2.05) is 13.8 Å². The average Bonchev–Trinajstić information content (AvgIpc) is 2.81. The predicted octanol–water partition coefficient (Wildman–Crippen LogP) is 5.02. The second kappa shape index (κ2) is 16.0. The van der Waals surface area contributed by atoms with Gasteiger partial charge in [-0.15, -0.1) is 0 Å². The average molecular weight is 538 g/mol. The first-order chi connectivity index (χ1) is 17.7. The molecule has 0 fully saturated rings. The van der Waals surface area contributed by atoms with Crippen molar-refractivity contribution in [2.45, 2.75) is 117 Å². The quantitative estimate of drug-likeness (QED) is 0.254. The number of hydrogen-bond acceptors (Lipinski definition) is 10. The summed E-state index contributed by atoms with van der Waals surface area (Å²) in [7, 11) is 0. The Morgan fingerprint density at radius 2 is 1.37 bits per heavy atom. The molecule has 0 bridgehead atoms. The molecule has 2 N–H and O–H groups in total. The van der Waals surface area contributed by atoms with Gasteiger partial charge >= 0.3 is 24.1 Å². The van der Waals surface area contributed by atoms with Crippen LogP contribution in [0.3, 0.4) is 0 Å². The van der Waals surface area contributed by atoms with Gasteiger partial charge in [-0.2, -0.15) is 0 Å². The molecule has 0 heterocycles. The molecule has 10 heteroatoms. The maximum atomic E-state index is 12.6. The Morgan fingerprint density at radius 3 is 1.89 bits per heavy atom. The fourth-order valence-corrected chi connectivity index (χ4v) is 3.06. The van der Waals surface area contributed by atoms with Gasteiger partial charge in [-0.05, 0) is 71.6 Å². The van der Waals surface area contributed by atoms with Crippen molar-refractivity contribution in [2.75, 3.05) is 0 Å². The molecular formula is C28H43NO9. The minimum Gasteiger partial charge on any atom is -0.458 e. The van der Waals surface area contributed by atoms with Gasteiger partial charge in [0.25, 0.3) is 0 Å². The van der Waals surface area contributed by atoms with E-state index in [4.69, 9.17) is 29.4 Å². The smallest absolute Gasteiger partial charge is 0.458 e. The summed E-state index contributed by atoms with van der Waals surface area (Å²) in [4.78, 5) is 48.9. The van der Waals surface area contributed by atoms with Crippen molar-refractivity contribution in [3.63, 3.8) is 0 Å². The fraction of sp³-hybridized carbons (Fsp3) is 0.643. The topological polar surface area (TPSA) is 140 Å². The molecule has 214 valence electrons. The maximum absolute atomic E-state index is 12.6. The van der Waals surface area contributed by atoms with Crippen molar-refractivity contribution in [1.29, 1.82) is 0 Å². The van der Waals surface area contributed by atoms with E-state index in [0.717, 1.165) is 12.8 Å². The summed E-state index contributed by atoms with van der Waals surface area (Å²) in [5.41, 5.74) is 5.93. The zero-order valence-corrected chi connectivity index (χ0v) is 23.7. The highest BCUT2D eigenvalue weighted by Crippen LogP contribution is 2.30. The molecule has 0 aliphatic rings. The van der Waals surface area contributed by atoms with E-state index in [1.165, 1.54) is 12.1 Å². The van der Waals surface area contributed by atoms with Crippen LogP contribution in [-0.2, 0) is 35.0 Å². The standard InChI is InChI=1S/C28H43NO9/c1-8-10-12-24(30)36-22-15-14-20(17-23(22)37-25(31)13-11-9-2)16-21(29)26(32)34-18(3)19(4)35-27(33)38-28(5,6)7/h14-15,17-19,21H,8-13,16,29H2,1-7H3/t18-,19-,21-/m0/s1. The lowest BCUT2D eigenvalue weighted by molar-refractivity contribution is -0.156. The first-order valence-electron chi connectivity index (χ1n) is 13.2. The molecular weight excluding hydrogens is 494 g/mol. The Bertz CT molecular complexity index is 939. The maximum Gasteiger partial charge on any atom is 0.509 e. The van der Waals surface area contributed by atoms with Crippen LogP contribution in [0.15, 0.2) is 18.2 Å². The van der Waals surface area contributed by atoms with E-state index in [-0.39, 0.29) is 30.8 Å². The zero-order chi connectivity index (χ0) is 28.9. The molecule has 0 spiro atoms. The molecule has 1 aromatic carbocycles. The van der Waals surface area contributed by atoms with Gasteiger partial charge in [-0.3, -0.25) is 14.4 Å². The SMILES string of the molecule is CCCCC(=O)Oc1ccc(C[C@H](N)C(=O)O[C@@H](C)[C@H](C)OC(=O)OC(C)(C)C)cc1OC(=O)CCCC. The minimum absolute atomic E-state index is 0.0659. The molecule has 3 atom stereocenters.